The fourth-order valence-corrected chi connectivity index (χ4v) is 4.37. The zero-order valence-corrected chi connectivity index (χ0v) is 13.4. The fourth-order valence-electron chi connectivity index (χ4n) is 4.37. The minimum Gasteiger partial charge on any atom is -0.496 e. The van der Waals surface area contributed by atoms with Crippen LogP contribution in [0.25, 0.3) is 0 Å². The van der Waals surface area contributed by atoms with Crippen LogP contribution in [0.5, 0.6) is 5.75 Å². The SMILES string of the molecule is COc1ccc(C2CCCC2)cc1C1(C(=O)O)CCCCC1. The smallest absolute Gasteiger partial charge is 0.314 e. The van der Waals surface area contributed by atoms with Crippen LogP contribution in [0, 0.1) is 0 Å². The van der Waals surface area contributed by atoms with E-state index in [1.165, 1.54) is 31.2 Å². The molecule has 0 saturated heterocycles. The second-order valence-electron chi connectivity index (χ2n) is 6.89. The molecular weight excluding hydrogens is 276 g/mol. The Balaban J connectivity index is 2.05. The van der Waals surface area contributed by atoms with Crippen molar-refractivity contribution in [1.82, 2.24) is 0 Å². The molecule has 3 rings (SSSR count). The number of carboxylic acid groups (broad SMARTS) is 1. The lowest BCUT2D eigenvalue weighted by atomic mass is 9.68. The van der Waals surface area contributed by atoms with E-state index in [0.717, 1.165) is 43.4 Å². The van der Waals surface area contributed by atoms with Crippen LogP contribution in [0.3, 0.4) is 0 Å². The van der Waals surface area contributed by atoms with Gasteiger partial charge in [-0.1, -0.05) is 44.2 Å². The van der Waals surface area contributed by atoms with Crippen LogP contribution >= 0.6 is 0 Å². The van der Waals surface area contributed by atoms with Gasteiger partial charge in [0.1, 0.15) is 5.75 Å². The summed E-state index contributed by atoms with van der Waals surface area (Å²) in [5.74, 6) is 0.652. The van der Waals surface area contributed by atoms with Gasteiger partial charge in [0.15, 0.2) is 0 Å². The summed E-state index contributed by atoms with van der Waals surface area (Å²) < 4.78 is 5.53. The Morgan fingerprint density at radius 1 is 1.14 bits per heavy atom. The van der Waals surface area contributed by atoms with Crippen molar-refractivity contribution in [2.45, 2.75) is 69.1 Å². The molecule has 0 atom stereocenters. The van der Waals surface area contributed by atoms with Gasteiger partial charge in [0.05, 0.1) is 12.5 Å². The Morgan fingerprint density at radius 2 is 1.82 bits per heavy atom. The molecule has 2 aliphatic carbocycles. The average Bonchev–Trinajstić information content (AvgIpc) is 3.09. The highest BCUT2D eigenvalue weighted by molar-refractivity contribution is 5.82. The normalized spacial score (nSPS) is 21.7. The predicted octanol–water partition coefficient (Wildman–Crippen LogP) is 4.64. The van der Waals surface area contributed by atoms with E-state index in [-0.39, 0.29) is 0 Å². The van der Waals surface area contributed by atoms with Gasteiger partial charge in [-0.25, -0.2) is 0 Å². The van der Waals surface area contributed by atoms with Crippen LogP contribution in [0.15, 0.2) is 18.2 Å². The van der Waals surface area contributed by atoms with Crippen LogP contribution in [0.1, 0.15) is 74.8 Å². The second-order valence-corrected chi connectivity index (χ2v) is 6.89. The molecule has 120 valence electrons. The van der Waals surface area contributed by atoms with Crippen molar-refractivity contribution in [2.24, 2.45) is 0 Å². The van der Waals surface area contributed by atoms with E-state index in [1.807, 2.05) is 6.07 Å². The molecular formula is C19H26O3. The lowest BCUT2D eigenvalue weighted by Crippen LogP contribution is -2.38. The zero-order valence-electron chi connectivity index (χ0n) is 13.4. The maximum atomic E-state index is 12.1. The number of methoxy groups -OCH3 is 1. The van der Waals surface area contributed by atoms with Gasteiger partial charge in [-0.05, 0) is 43.2 Å². The van der Waals surface area contributed by atoms with Crippen molar-refractivity contribution in [1.29, 1.82) is 0 Å². The monoisotopic (exact) mass is 302 g/mol. The Bertz CT molecular complexity index is 538. The van der Waals surface area contributed by atoms with Crippen molar-refractivity contribution < 1.29 is 14.6 Å². The van der Waals surface area contributed by atoms with Crippen molar-refractivity contribution >= 4 is 5.97 Å². The molecule has 1 N–H and O–H groups in total. The molecule has 0 spiro atoms. The van der Waals surface area contributed by atoms with Gasteiger partial charge < -0.3 is 9.84 Å². The van der Waals surface area contributed by atoms with E-state index in [2.05, 4.69) is 12.1 Å². The summed E-state index contributed by atoms with van der Waals surface area (Å²) in [7, 11) is 1.65. The largest absolute Gasteiger partial charge is 0.496 e. The van der Waals surface area contributed by atoms with E-state index < -0.39 is 11.4 Å². The van der Waals surface area contributed by atoms with Crippen LogP contribution in [0.2, 0.25) is 0 Å². The summed E-state index contributed by atoms with van der Waals surface area (Å²) in [6.07, 6.45) is 9.61. The van der Waals surface area contributed by atoms with Gasteiger partial charge in [-0.2, -0.15) is 0 Å². The van der Waals surface area contributed by atoms with Gasteiger partial charge in [0.25, 0.3) is 0 Å². The number of carboxylic acids is 1. The molecule has 0 bridgehead atoms. The van der Waals surface area contributed by atoms with Crippen LogP contribution in [-0.4, -0.2) is 18.2 Å². The summed E-state index contributed by atoms with van der Waals surface area (Å²) in [6.45, 7) is 0. The fraction of sp³-hybridized carbons (Fsp3) is 0.632. The molecule has 1 aromatic carbocycles. The zero-order chi connectivity index (χ0) is 15.6. The first kappa shape index (κ1) is 15.4. The van der Waals surface area contributed by atoms with Gasteiger partial charge in [0.2, 0.25) is 0 Å². The third-order valence-corrected chi connectivity index (χ3v) is 5.68. The first-order valence-corrected chi connectivity index (χ1v) is 8.59. The highest BCUT2D eigenvalue weighted by Gasteiger charge is 2.43. The molecule has 0 aromatic heterocycles. The third-order valence-electron chi connectivity index (χ3n) is 5.68. The highest BCUT2D eigenvalue weighted by Crippen LogP contribution is 2.45. The molecule has 2 saturated carbocycles. The standard InChI is InChI=1S/C19H26O3/c1-22-17-10-9-15(14-7-3-4-8-14)13-16(17)19(18(20)21)11-5-2-6-12-19/h9-10,13-14H,2-8,11-12H2,1H3,(H,20,21). The molecule has 2 aliphatic rings. The van der Waals surface area contributed by atoms with E-state index in [9.17, 15) is 9.90 Å². The minimum atomic E-state index is -0.752. The van der Waals surface area contributed by atoms with Gasteiger partial charge >= 0.3 is 5.97 Å². The summed E-state index contributed by atoms with van der Waals surface area (Å²) in [5.41, 5.74) is 1.46. The van der Waals surface area contributed by atoms with Gasteiger partial charge in [0, 0.05) is 5.56 Å². The number of rotatable bonds is 4. The summed E-state index contributed by atoms with van der Waals surface area (Å²) in [6, 6.07) is 6.27. The molecule has 2 fully saturated rings. The maximum absolute atomic E-state index is 12.1. The van der Waals surface area contributed by atoms with Crippen LogP contribution in [-0.2, 0) is 10.2 Å². The van der Waals surface area contributed by atoms with E-state index in [0.29, 0.717) is 5.92 Å². The number of carbonyl (C=O) groups is 1. The first-order chi connectivity index (χ1) is 10.7. The Kier molecular flexibility index (Phi) is 4.42. The Morgan fingerprint density at radius 3 is 2.41 bits per heavy atom. The molecule has 3 nitrogen and oxygen atoms in total. The van der Waals surface area contributed by atoms with Gasteiger partial charge in [-0.15, -0.1) is 0 Å². The molecule has 1 aromatic rings. The Labute approximate surface area is 132 Å². The summed E-state index contributed by atoms with van der Waals surface area (Å²) >= 11 is 0. The number of hydrogen-bond acceptors (Lipinski definition) is 2. The quantitative estimate of drug-likeness (QED) is 0.881. The molecule has 3 heteroatoms. The summed E-state index contributed by atoms with van der Waals surface area (Å²) in [5, 5.41) is 9.96. The van der Waals surface area contributed by atoms with E-state index in [4.69, 9.17) is 4.74 Å². The number of aliphatic carboxylic acids is 1. The average molecular weight is 302 g/mol. The van der Waals surface area contributed by atoms with Gasteiger partial charge in [-0.3, -0.25) is 4.79 Å². The maximum Gasteiger partial charge on any atom is 0.314 e. The highest BCUT2D eigenvalue weighted by atomic mass is 16.5. The lowest BCUT2D eigenvalue weighted by molar-refractivity contribution is -0.145. The van der Waals surface area contributed by atoms with E-state index >= 15 is 0 Å². The molecule has 0 unspecified atom stereocenters. The second kappa shape index (κ2) is 6.31. The lowest BCUT2D eigenvalue weighted by Gasteiger charge is -2.35. The van der Waals surface area contributed by atoms with Crippen LogP contribution in [0.4, 0.5) is 0 Å². The molecule has 22 heavy (non-hydrogen) atoms. The minimum absolute atomic E-state index is 0.596. The summed E-state index contributed by atoms with van der Waals surface area (Å²) in [4.78, 5) is 12.1. The predicted molar refractivity (Wildman–Crippen MR) is 86.6 cm³/mol. The molecule has 0 aliphatic heterocycles. The van der Waals surface area contributed by atoms with E-state index in [1.54, 1.807) is 7.11 Å². The van der Waals surface area contributed by atoms with Crippen LogP contribution < -0.4 is 4.74 Å². The third kappa shape index (κ3) is 2.62. The number of hydrogen-bond donors (Lipinski definition) is 1. The van der Waals surface area contributed by atoms with Crippen molar-refractivity contribution in [3.05, 3.63) is 29.3 Å². The topological polar surface area (TPSA) is 46.5 Å². The van der Waals surface area contributed by atoms with Crippen molar-refractivity contribution in [3.63, 3.8) is 0 Å². The molecule has 0 radical (unpaired) electrons. The Hall–Kier alpha value is -1.51. The first-order valence-electron chi connectivity index (χ1n) is 8.59. The molecule has 0 heterocycles. The van der Waals surface area contributed by atoms with Crippen molar-refractivity contribution in [3.8, 4) is 5.75 Å². The molecule has 0 amide bonds. The number of benzene rings is 1. The van der Waals surface area contributed by atoms with Crippen molar-refractivity contribution in [2.75, 3.05) is 7.11 Å². The number of ether oxygens (including phenoxy) is 1.